The van der Waals surface area contributed by atoms with E-state index in [9.17, 15) is 9.59 Å². The third-order valence-corrected chi connectivity index (χ3v) is 2.02. The number of alkyl carbamates (subject to hydrolysis) is 1. The zero-order chi connectivity index (χ0) is 9.19. The van der Waals surface area contributed by atoms with E-state index in [1.54, 1.807) is 6.92 Å². The van der Waals surface area contributed by atoms with Crippen molar-refractivity contribution in [3.05, 3.63) is 0 Å². The van der Waals surface area contributed by atoms with Crippen molar-refractivity contribution >= 4 is 12.0 Å². The Labute approximate surface area is 99.7 Å². The average Bonchev–Trinajstić information content (AvgIpc) is 2.23. The second-order valence-corrected chi connectivity index (χ2v) is 3.18. The van der Waals surface area contributed by atoms with Crippen LogP contribution in [0, 0.1) is 0 Å². The summed E-state index contributed by atoms with van der Waals surface area (Å²) in [6.07, 6.45) is 1.84. The number of hydrogen-bond acceptors (Lipinski definition) is 3. The van der Waals surface area contributed by atoms with Crippen LogP contribution in [0.25, 0.3) is 0 Å². The molecule has 1 unspecified atom stereocenters. The number of ether oxygens (including phenoxy) is 1. The van der Waals surface area contributed by atoms with Crippen LogP contribution in [0.15, 0.2) is 0 Å². The predicted molar refractivity (Wildman–Crippen MR) is 42.6 cm³/mol. The van der Waals surface area contributed by atoms with Crippen molar-refractivity contribution in [2.45, 2.75) is 38.7 Å². The van der Waals surface area contributed by atoms with Crippen molar-refractivity contribution in [2.24, 2.45) is 0 Å². The molecule has 1 fully saturated rings. The maximum absolute atomic E-state index is 11.2. The van der Waals surface area contributed by atoms with Gasteiger partial charge in [0.25, 0.3) is 5.91 Å². The van der Waals surface area contributed by atoms with E-state index in [0.29, 0.717) is 6.42 Å². The zero-order valence-corrected chi connectivity index (χ0v) is 10.3. The minimum absolute atomic E-state index is 0. The summed E-state index contributed by atoms with van der Waals surface area (Å²) in [7, 11) is 0. The Bertz CT molecular complexity index is 219. The van der Waals surface area contributed by atoms with E-state index < -0.39 is 11.7 Å². The first kappa shape index (κ1) is 12.9. The second kappa shape index (κ2) is 4.98. The van der Waals surface area contributed by atoms with E-state index in [-0.39, 0.29) is 35.5 Å². The Morgan fingerprint density at radius 1 is 1.46 bits per heavy atom. The molecule has 0 aromatic rings. The van der Waals surface area contributed by atoms with Gasteiger partial charge in [0.2, 0.25) is 0 Å². The van der Waals surface area contributed by atoms with Gasteiger partial charge in [0.05, 0.1) is 0 Å². The topological polar surface area (TPSA) is 55.4 Å². The molecule has 5 heteroatoms. The molecule has 2 amide bonds. The Morgan fingerprint density at radius 3 is 2.46 bits per heavy atom. The third kappa shape index (κ3) is 2.97. The summed E-state index contributed by atoms with van der Waals surface area (Å²) in [6, 6.07) is 0. The first-order valence-electron chi connectivity index (χ1n) is 4.13. The van der Waals surface area contributed by atoms with Crippen LogP contribution in [0.3, 0.4) is 0 Å². The molecule has 0 spiro atoms. The van der Waals surface area contributed by atoms with Gasteiger partial charge >= 0.3 is 35.7 Å². The molecule has 1 rings (SSSR count). The minimum Gasteiger partial charge on any atom is -0.433 e. The average molecular weight is 194 g/mol. The first-order chi connectivity index (χ1) is 5.58. The third-order valence-electron chi connectivity index (χ3n) is 2.02. The SMILES string of the molecule is CCCCC1(C)OC(=O)NC1=O.[Na+]. The van der Waals surface area contributed by atoms with Crippen molar-refractivity contribution in [3.8, 4) is 0 Å². The molecule has 13 heavy (non-hydrogen) atoms. The molecule has 1 heterocycles. The summed E-state index contributed by atoms with van der Waals surface area (Å²) >= 11 is 0. The second-order valence-electron chi connectivity index (χ2n) is 3.18. The molecule has 0 aromatic heterocycles. The molecule has 0 radical (unpaired) electrons. The molecule has 0 aromatic carbocycles. The monoisotopic (exact) mass is 194 g/mol. The van der Waals surface area contributed by atoms with E-state index in [4.69, 9.17) is 4.74 Å². The fourth-order valence-electron chi connectivity index (χ4n) is 1.18. The smallest absolute Gasteiger partial charge is 0.433 e. The maximum atomic E-state index is 11.2. The number of imide groups is 1. The van der Waals surface area contributed by atoms with Crippen LogP contribution in [-0.4, -0.2) is 17.6 Å². The molecular formula is C8H13NNaO3+. The molecule has 0 bridgehead atoms. The van der Waals surface area contributed by atoms with Crippen LogP contribution < -0.4 is 34.9 Å². The summed E-state index contributed by atoms with van der Waals surface area (Å²) in [4.78, 5) is 21.8. The van der Waals surface area contributed by atoms with Crippen molar-refractivity contribution in [1.29, 1.82) is 0 Å². The normalized spacial score (nSPS) is 26.3. The quantitative estimate of drug-likeness (QED) is 0.540. The van der Waals surface area contributed by atoms with Gasteiger partial charge in [0, 0.05) is 0 Å². The van der Waals surface area contributed by atoms with E-state index in [1.165, 1.54) is 0 Å². The summed E-state index contributed by atoms with van der Waals surface area (Å²) in [5.74, 6) is -0.319. The van der Waals surface area contributed by atoms with Gasteiger partial charge in [-0.05, 0) is 19.8 Å². The molecule has 4 nitrogen and oxygen atoms in total. The molecule has 1 saturated heterocycles. The minimum atomic E-state index is -0.924. The molecule has 0 aliphatic carbocycles. The Morgan fingerprint density at radius 2 is 2.08 bits per heavy atom. The number of amides is 2. The fourth-order valence-corrected chi connectivity index (χ4v) is 1.18. The molecule has 1 N–H and O–H groups in total. The van der Waals surface area contributed by atoms with Gasteiger partial charge in [-0.2, -0.15) is 0 Å². The van der Waals surface area contributed by atoms with Crippen LogP contribution in [-0.2, 0) is 9.53 Å². The van der Waals surface area contributed by atoms with Crippen molar-refractivity contribution in [3.63, 3.8) is 0 Å². The van der Waals surface area contributed by atoms with Crippen molar-refractivity contribution in [2.75, 3.05) is 0 Å². The van der Waals surface area contributed by atoms with Crippen LogP contribution in [0.4, 0.5) is 4.79 Å². The molecular weight excluding hydrogens is 181 g/mol. The number of carbonyl (C=O) groups excluding carboxylic acids is 2. The van der Waals surface area contributed by atoms with Gasteiger partial charge in [0.15, 0.2) is 5.60 Å². The standard InChI is InChI=1S/C8H13NO3.Na/c1-3-4-5-8(2)6(10)9-7(11)12-8;/h3-5H2,1-2H3,(H,9,10,11);/q;+1. The van der Waals surface area contributed by atoms with E-state index >= 15 is 0 Å². The first-order valence-corrected chi connectivity index (χ1v) is 4.13. The van der Waals surface area contributed by atoms with Gasteiger partial charge in [-0.25, -0.2) is 4.79 Å². The van der Waals surface area contributed by atoms with Crippen molar-refractivity contribution in [1.82, 2.24) is 5.32 Å². The largest absolute Gasteiger partial charge is 1.00 e. The Hall–Kier alpha value is -0.0600. The van der Waals surface area contributed by atoms with Gasteiger partial charge < -0.3 is 4.74 Å². The molecule has 1 atom stereocenters. The van der Waals surface area contributed by atoms with Gasteiger partial charge in [-0.3, -0.25) is 10.1 Å². The molecule has 1 aliphatic heterocycles. The summed E-state index contributed by atoms with van der Waals surface area (Å²) in [5.41, 5.74) is -0.924. The zero-order valence-electron chi connectivity index (χ0n) is 8.35. The number of nitrogens with one attached hydrogen (secondary N) is 1. The van der Waals surface area contributed by atoms with E-state index in [0.717, 1.165) is 12.8 Å². The van der Waals surface area contributed by atoms with Crippen molar-refractivity contribution < 1.29 is 43.9 Å². The number of hydrogen-bond donors (Lipinski definition) is 1. The number of cyclic esters (lactones) is 1. The van der Waals surface area contributed by atoms with E-state index in [1.807, 2.05) is 6.92 Å². The number of carbonyl (C=O) groups is 2. The Kier molecular flexibility index (Phi) is 4.96. The van der Waals surface area contributed by atoms with Gasteiger partial charge in [0.1, 0.15) is 0 Å². The molecule has 68 valence electrons. The van der Waals surface area contributed by atoms with Crippen LogP contribution in [0.1, 0.15) is 33.1 Å². The van der Waals surface area contributed by atoms with Crippen LogP contribution >= 0.6 is 0 Å². The molecule has 0 saturated carbocycles. The number of rotatable bonds is 3. The van der Waals surface area contributed by atoms with Gasteiger partial charge in [-0.1, -0.05) is 13.3 Å². The fraction of sp³-hybridized carbons (Fsp3) is 0.750. The maximum Gasteiger partial charge on any atom is 1.00 e. The van der Waals surface area contributed by atoms with E-state index in [2.05, 4.69) is 5.32 Å². The summed E-state index contributed by atoms with van der Waals surface area (Å²) in [5, 5.41) is 2.12. The summed E-state index contributed by atoms with van der Waals surface area (Å²) < 4.78 is 4.86. The predicted octanol–water partition coefficient (Wildman–Crippen LogP) is -1.79. The summed E-state index contributed by atoms with van der Waals surface area (Å²) in [6.45, 7) is 3.67. The van der Waals surface area contributed by atoms with Gasteiger partial charge in [-0.15, -0.1) is 0 Å². The molecule has 1 aliphatic rings. The van der Waals surface area contributed by atoms with Crippen LogP contribution in [0.5, 0.6) is 0 Å². The Balaban J connectivity index is 0.00000144. The number of unbranched alkanes of at least 4 members (excludes halogenated alkanes) is 1. The van der Waals surface area contributed by atoms with Crippen LogP contribution in [0.2, 0.25) is 0 Å².